The number of para-hydroxylation sites is 2. The van der Waals surface area contributed by atoms with E-state index in [1.807, 2.05) is 18.2 Å². The number of piperazine rings is 1. The Morgan fingerprint density at radius 3 is 2.44 bits per heavy atom. The number of aryl methyl sites for hydroxylation is 1. The van der Waals surface area contributed by atoms with Gasteiger partial charge in [0.2, 0.25) is 0 Å². The molecule has 144 valence electrons. The molecular weight excluding hydrogens is 338 g/mol. The van der Waals surface area contributed by atoms with Crippen molar-refractivity contribution in [3.63, 3.8) is 0 Å². The standard InChI is InChI=1S/C22H29N3O2/c1-3-19(18-10-8-17(2)9-11-18)23-22(27)16-24-12-14-25(15-13-24)20-6-4-5-7-21(20)26/h4-11,19,26H,3,12-16H2,1-2H3,(H,23,27)/p+1/t19-/m0/s1. The molecule has 1 atom stereocenters. The molecule has 1 aliphatic rings. The highest BCUT2D eigenvalue weighted by Gasteiger charge is 2.24. The highest BCUT2D eigenvalue weighted by atomic mass is 16.3. The third kappa shape index (κ3) is 5.01. The van der Waals surface area contributed by atoms with Crippen LogP contribution in [0.4, 0.5) is 5.69 Å². The van der Waals surface area contributed by atoms with Crippen LogP contribution in [0.25, 0.3) is 0 Å². The fourth-order valence-corrected chi connectivity index (χ4v) is 3.66. The van der Waals surface area contributed by atoms with Gasteiger partial charge in [-0.15, -0.1) is 0 Å². The van der Waals surface area contributed by atoms with Gasteiger partial charge in [0.1, 0.15) is 5.75 Å². The molecule has 2 aromatic rings. The number of quaternary nitrogens is 1. The summed E-state index contributed by atoms with van der Waals surface area (Å²) in [6.45, 7) is 8.14. The fraction of sp³-hybridized carbons (Fsp3) is 0.409. The van der Waals surface area contributed by atoms with E-state index < -0.39 is 0 Å². The zero-order valence-electron chi connectivity index (χ0n) is 16.2. The summed E-state index contributed by atoms with van der Waals surface area (Å²) in [5.74, 6) is 0.427. The number of hydrogen-bond donors (Lipinski definition) is 3. The largest absolute Gasteiger partial charge is 0.506 e. The molecular formula is C22H30N3O2+. The van der Waals surface area contributed by atoms with Crippen molar-refractivity contribution < 1.29 is 14.8 Å². The van der Waals surface area contributed by atoms with Gasteiger partial charge in [0.05, 0.1) is 37.9 Å². The lowest BCUT2D eigenvalue weighted by atomic mass is 10.0. The van der Waals surface area contributed by atoms with E-state index in [-0.39, 0.29) is 11.9 Å². The molecule has 0 aromatic heterocycles. The highest BCUT2D eigenvalue weighted by Crippen LogP contribution is 2.26. The number of carbonyl (C=O) groups is 1. The van der Waals surface area contributed by atoms with Crippen molar-refractivity contribution in [1.29, 1.82) is 0 Å². The molecule has 5 heteroatoms. The first-order chi connectivity index (χ1) is 13.1. The number of benzene rings is 2. The second-order valence-electron chi connectivity index (χ2n) is 7.34. The number of rotatable bonds is 6. The predicted octanol–water partition coefficient (Wildman–Crippen LogP) is 1.67. The monoisotopic (exact) mass is 368 g/mol. The van der Waals surface area contributed by atoms with E-state index in [1.165, 1.54) is 10.5 Å². The van der Waals surface area contributed by atoms with E-state index >= 15 is 0 Å². The van der Waals surface area contributed by atoms with Crippen LogP contribution in [0.2, 0.25) is 0 Å². The summed E-state index contributed by atoms with van der Waals surface area (Å²) in [4.78, 5) is 16.0. The SMILES string of the molecule is CC[C@H](NC(=O)C[NH+]1CCN(c2ccccc2O)CC1)c1ccc(C)cc1. The Morgan fingerprint density at radius 1 is 1.15 bits per heavy atom. The number of anilines is 1. The molecule has 1 aliphatic heterocycles. The maximum absolute atomic E-state index is 12.5. The summed E-state index contributed by atoms with van der Waals surface area (Å²) in [6.07, 6.45) is 0.880. The lowest BCUT2D eigenvalue weighted by Gasteiger charge is -2.33. The summed E-state index contributed by atoms with van der Waals surface area (Å²) in [6, 6.07) is 15.9. The first kappa shape index (κ1) is 19.2. The van der Waals surface area contributed by atoms with Gasteiger partial charge in [0.15, 0.2) is 6.54 Å². The van der Waals surface area contributed by atoms with Crippen LogP contribution in [0.15, 0.2) is 48.5 Å². The van der Waals surface area contributed by atoms with Gasteiger partial charge in [0, 0.05) is 0 Å². The number of phenolic OH excluding ortho intramolecular Hbond substituents is 1. The van der Waals surface area contributed by atoms with Crippen molar-refractivity contribution >= 4 is 11.6 Å². The van der Waals surface area contributed by atoms with Crippen LogP contribution in [0.5, 0.6) is 5.75 Å². The number of carbonyl (C=O) groups excluding carboxylic acids is 1. The number of hydrogen-bond acceptors (Lipinski definition) is 3. The molecule has 0 aliphatic carbocycles. The molecule has 1 amide bonds. The number of amides is 1. The molecule has 3 N–H and O–H groups in total. The van der Waals surface area contributed by atoms with Crippen molar-refractivity contribution in [2.45, 2.75) is 26.3 Å². The predicted molar refractivity (Wildman–Crippen MR) is 108 cm³/mol. The summed E-state index contributed by atoms with van der Waals surface area (Å²) in [7, 11) is 0. The molecule has 1 heterocycles. The Kier molecular flexibility index (Phi) is 6.35. The molecule has 5 nitrogen and oxygen atoms in total. The molecule has 2 aromatic carbocycles. The van der Waals surface area contributed by atoms with E-state index in [1.54, 1.807) is 6.07 Å². The van der Waals surface area contributed by atoms with E-state index in [0.717, 1.165) is 43.9 Å². The molecule has 27 heavy (non-hydrogen) atoms. The Morgan fingerprint density at radius 2 is 1.81 bits per heavy atom. The van der Waals surface area contributed by atoms with Crippen LogP contribution < -0.4 is 15.1 Å². The highest BCUT2D eigenvalue weighted by molar-refractivity contribution is 5.77. The minimum atomic E-state index is 0.0695. The zero-order valence-corrected chi connectivity index (χ0v) is 16.2. The smallest absolute Gasteiger partial charge is 0.275 e. The van der Waals surface area contributed by atoms with Gasteiger partial charge < -0.3 is 20.2 Å². The molecule has 0 saturated carbocycles. The molecule has 0 radical (unpaired) electrons. The summed E-state index contributed by atoms with van der Waals surface area (Å²) >= 11 is 0. The lowest BCUT2D eigenvalue weighted by molar-refractivity contribution is -0.892. The second-order valence-corrected chi connectivity index (χ2v) is 7.34. The first-order valence-corrected chi connectivity index (χ1v) is 9.79. The normalized spacial score (nSPS) is 16.1. The summed E-state index contributed by atoms with van der Waals surface area (Å²) < 4.78 is 0. The van der Waals surface area contributed by atoms with Crippen molar-refractivity contribution in [1.82, 2.24) is 5.32 Å². The van der Waals surface area contributed by atoms with Crippen molar-refractivity contribution in [2.75, 3.05) is 37.6 Å². The molecule has 3 rings (SSSR count). The quantitative estimate of drug-likeness (QED) is 0.727. The molecule has 0 bridgehead atoms. The van der Waals surface area contributed by atoms with E-state index in [2.05, 4.69) is 48.3 Å². The molecule has 0 spiro atoms. The maximum atomic E-state index is 12.5. The summed E-state index contributed by atoms with van der Waals surface area (Å²) in [5.41, 5.74) is 3.27. The van der Waals surface area contributed by atoms with Gasteiger partial charge in [-0.05, 0) is 31.0 Å². The van der Waals surface area contributed by atoms with E-state index in [9.17, 15) is 9.90 Å². The van der Waals surface area contributed by atoms with Crippen molar-refractivity contribution in [2.24, 2.45) is 0 Å². The average molecular weight is 369 g/mol. The fourth-order valence-electron chi connectivity index (χ4n) is 3.66. The van der Waals surface area contributed by atoms with Gasteiger partial charge >= 0.3 is 0 Å². The van der Waals surface area contributed by atoms with Gasteiger partial charge in [-0.2, -0.15) is 0 Å². The molecule has 0 unspecified atom stereocenters. The summed E-state index contributed by atoms with van der Waals surface area (Å²) in [5, 5.41) is 13.2. The van der Waals surface area contributed by atoms with Crippen LogP contribution in [0.3, 0.4) is 0 Å². The number of phenols is 1. The lowest BCUT2D eigenvalue weighted by Crippen LogP contribution is -3.16. The number of nitrogens with zero attached hydrogens (tertiary/aromatic N) is 1. The van der Waals surface area contributed by atoms with Crippen molar-refractivity contribution in [3.05, 3.63) is 59.7 Å². The van der Waals surface area contributed by atoms with Crippen LogP contribution >= 0.6 is 0 Å². The van der Waals surface area contributed by atoms with Gasteiger partial charge in [-0.3, -0.25) is 4.79 Å². The molecule has 1 saturated heterocycles. The van der Waals surface area contributed by atoms with E-state index in [4.69, 9.17) is 0 Å². The Labute approximate surface area is 161 Å². The minimum absolute atomic E-state index is 0.0695. The third-order valence-electron chi connectivity index (χ3n) is 5.33. The van der Waals surface area contributed by atoms with Crippen molar-refractivity contribution in [3.8, 4) is 5.75 Å². The van der Waals surface area contributed by atoms with E-state index in [0.29, 0.717) is 12.3 Å². The van der Waals surface area contributed by atoms with Crippen LogP contribution in [-0.4, -0.2) is 43.7 Å². The van der Waals surface area contributed by atoms with Gasteiger partial charge in [-0.25, -0.2) is 0 Å². The average Bonchev–Trinajstić information content (AvgIpc) is 2.68. The maximum Gasteiger partial charge on any atom is 0.275 e. The second kappa shape index (κ2) is 8.91. The van der Waals surface area contributed by atoms with Gasteiger partial charge in [0.25, 0.3) is 5.91 Å². The number of nitrogens with one attached hydrogen (secondary N) is 2. The Balaban J connectivity index is 1.50. The molecule has 1 fully saturated rings. The first-order valence-electron chi connectivity index (χ1n) is 9.79. The Bertz CT molecular complexity index is 752. The van der Waals surface area contributed by atoms with Crippen LogP contribution in [0, 0.1) is 6.92 Å². The minimum Gasteiger partial charge on any atom is -0.506 e. The topological polar surface area (TPSA) is 57.0 Å². The van der Waals surface area contributed by atoms with Crippen LogP contribution in [0.1, 0.15) is 30.5 Å². The van der Waals surface area contributed by atoms with Gasteiger partial charge in [-0.1, -0.05) is 48.9 Å². The zero-order chi connectivity index (χ0) is 19.2. The third-order valence-corrected chi connectivity index (χ3v) is 5.33. The number of aromatic hydroxyl groups is 1. The Hall–Kier alpha value is -2.53. The van der Waals surface area contributed by atoms with Crippen LogP contribution in [-0.2, 0) is 4.79 Å².